The van der Waals surface area contributed by atoms with Crippen LogP contribution in [0.4, 0.5) is 0 Å². The Hall–Kier alpha value is -0.270. The maximum absolute atomic E-state index is 10.7. The van der Waals surface area contributed by atoms with Crippen LogP contribution < -0.4 is 0 Å². The number of nitrogens with zero attached hydrogens (tertiary/aromatic N) is 1. The van der Waals surface area contributed by atoms with Crippen LogP contribution in [0.1, 0.15) is 21.6 Å². The third-order valence-electron chi connectivity index (χ3n) is 1.86. The van der Waals surface area contributed by atoms with E-state index in [0.717, 1.165) is 0 Å². The quantitative estimate of drug-likeness (QED) is 0.404. The van der Waals surface area contributed by atoms with Crippen molar-refractivity contribution < 1.29 is 28.8 Å². The van der Waals surface area contributed by atoms with Crippen molar-refractivity contribution >= 4 is 43.7 Å². The third kappa shape index (κ3) is 4.85. The van der Waals surface area contributed by atoms with Gasteiger partial charge in [-0.25, -0.2) is 4.57 Å². The molecule has 0 aliphatic heterocycles. The Kier molecular flexibility index (Phi) is 6.50. The Balaban J connectivity index is 0.00000256. The molecule has 0 aromatic carbocycles. The summed E-state index contributed by atoms with van der Waals surface area (Å²) in [6.45, 7) is 0.995. The molecule has 1 aromatic heterocycles. The van der Waals surface area contributed by atoms with E-state index in [0.29, 0.717) is 6.29 Å². The molecular weight excluding hydrogens is 260 g/mol. The minimum Gasteiger partial charge on any atom is -0.505 e. The largest absolute Gasteiger partial charge is 0.505 e. The Morgan fingerprint density at radius 3 is 2.59 bits per heavy atom. The number of carbonyl (C=O) groups excluding carboxylic acids is 1. The van der Waals surface area contributed by atoms with E-state index >= 15 is 0 Å². The molecule has 0 aliphatic rings. The number of aldehydes is 1. The van der Waals surface area contributed by atoms with Gasteiger partial charge >= 0.3 is 7.82 Å². The molecule has 0 spiro atoms. The Morgan fingerprint density at radius 1 is 1.53 bits per heavy atom. The first-order chi connectivity index (χ1) is 7.35. The summed E-state index contributed by atoms with van der Waals surface area (Å²) in [4.78, 5) is 31.4. The standard InChI is InChI=1S/C8H10NO6P.Na/c1-5-8(11)7(3-10)6(2-9-5)4-15-16(12,13)14;/h2-3,11H,4H2,1H3,(H2,12,13,14);. The van der Waals surface area contributed by atoms with Crippen LogP contribution in [0.15, 0.2) is 6.20 Å². The number of pyridine rings is 1. The second-order valence-electron chi connectivity index (χ2n) is 3.01. The molecular formula is C8H10NNaO6P. The van der Waals surface area contributed by atoms with E-state index in [-0.39, 0.29) is 52.1 Å². The van der Waals surface area contributed by atoms with E-state index in [2.05, 4.69) is 9.51 Å². The molecule has 1 radical (unpaired) electrons. The van der Waals surface area contributed by atoms with Crippen LogP contribution in [0, 0.1) is 6.92 Å². The Morgan fingerprint density at radius 2 is 2.12 bits per heavy atom. The zero-order chi connectivity index (χ0) is 12.3. The van der Waals surface area contributed by atoms with Crippen molar-refractivity contribution in [1.29, 1.82) is 0 Å². The van der Waals surface area contributed by atoms with Crippen LogP contribution in [0.3, 0.4) is 0 Å². The maximum Gasteiger partial charge on any atom is 0.469 e. The minimum atomic E-state index is -4.61. The van der Waals surface area contributed by atoms with E-state index in [1.54, 1.807) is 0 Å². The van der Waals surface area contributed by atoms with Gasteiger partial charge in [0.25, 0.3) is 0 Å². The third-order valence-corrected chi connectivity index (χ3v) is 2.33. The summed E-state index contributed by atoms with van der Waals surface area (Å²) in [6.07, 6.45) is 1.59. The number of phosphoric ester groups is 1. The summed E-state index contributed by atoms with van der Waals surface area (Å²) in [5.74, 6) is -0.318. The molecule has 0 saturated carbocycles. The fourth-order valence-corrected chi connectivity index (χ4v) is 1.36. The molecule has 1 aromatic rings. The van der Waals surface area contributed by atoms with E-state index in [4.69, 9.17) is 9.79 Å². The number of aromatic hydroxyl groups is 1. The number of hydrogen-bond donors (Lipinski definition) is 3. The molecule has 0 amide bonds. The molecule has 3 N–H and O–H groups in total. The first-order valence-corrected chi connectivity index (χ1v) is 5.71. The summed E-state index contributed by atoms with van der Waals surface area (Å²) in [5, 5.41) is 9.46. The van der Waals surface area contributed by atoms with E-state index in [1.807, 2.05) is 0 Å². The molecule has 0 aliphatic carbocycles. The molecule has 0 bridgehead atoms. The predicted octanol–water partition coefficient (Wildman–Crippen LogP) is 0.137. The zero-order valence-electron chi connectivity index (χ0n) is 9.32. The zero-order valence-corrected chi connectivity index (χ0v) is 12.2. The van der Waals surface area contributed by atoms with Crippen molar-refractivity contribution in [2.24, 2.45) is 0 Å². The van der Waals surface area contributed by atoms with E-state index in [9.17, 15) is 14.5 Å². The molecule has 17 heavy (non-hydrogen) atoms. The first kappa shape index (κ1) is 16.7. The van der Waals surface area contributed by atoms with Crippen LogP contribution in [0.25, 0.3) is 0 Å². The summed E-state index contributed by atoms with van der Waals surface area (Å²) in [7, 11) is -4.61. The number of aromatic nitrogens is 1. The van der Waals surface area contributed by atoms with Crippen molar-refractivity contribution in [3.8, 4) is 5.75 Å². The van der Waals surface area contributed by atoms with E-state index < -0.39 is 14.4 Å². The number of phosphoric acid groups is 1. The van der Waals surface area contributed by atoms with Crippen LogP contribution in [-0.4, -0.2) is 55.7 Å². The molecule has 9 heteroatoms. The number of hydrogen-bond acceptors (Lipinski definition) is 5. The number of aryl methyl sites for hydroxylation is 1. The summed E-state index contributed by atoms with van der Waals surface area (Å²) in [6, 6.07) is 0. The average molecular weight is 270 g/mol. The predicted molar refractivity (Wildman–Crippen MR) is 58.6 cm³/mol. The van der Waals surface area contributed by atoms with Crippen LogP contribution in [-0.2, 0) is 15.7 Å². The normalized spacial score (nSPS) is 10.8. The second kappa shape index (κ2) is 6.61. The molecule has 0 unspecified atom stereocenters. The average Bonchev–Trinajstić information content (AvgIpc) is 2.18. The summed E-state index contributed by atoms with van der Waals surface area (Å²) < 4.78 is 14.7. The van der Waals surface area contributed by atoms with Crippen molar-refractivity contribution in [3.63, 3.8) is 0 Å². The van der Waals surface area contributed by atoms with Crippen molar-refractivity contribution in [3.05, 3.63) is 23.0 Å². The van der Waals surface area contributed by atoms with Crippen molar-refractivity contribution in [1.82, 2.24) is 4.98 Å². The van der Waals surface area contributed by atoms with Crippen molar-refractivity contribution in [2.45, 2.75) is 13.5 Å². The SMILES string of the molecule is Cc1ncc(COP(=O)(O)O)c(C=O)c1O.[Na]. The van der Waals surface area contributed by atoms with Gasteiger partial charge in [-0.1, -0.05) is 0 Å². The summed E-state index contributed by atoms with van der Waals surface area (Å²) >= 11 is 0. The Bertz CT molecular complexity index is 460. The van der Waals surface area contributed by atoms with Crippen LogP contribution in [0.5, 0.6) is 5.75 Å². The molecule has 0 fully saturated rings. The molecule has 0 atom stereocenters. The number of carbonyl (C=O) groups is 1. The molecule has 1 rings (SSSR count). The first-order valence-electron chi connectivity index (χ1n) is 4.18. The van der Waals surface area contributed by atoms with Crippen LogP contribution in [0.2, 0.25) is 0 Å². The minimum absolute atomic E-state index is 0. The maximum atomic E-state index is 10.7. The van der Waals surface area contributed by atoms with Gasteiger partial charge in [-0.15, -0.1) is 0 Å². The van der Waals surface area contributed by atoms with E-state index in [1.165, 1.54) is 13.1 Å². The fourth-order valence-electron chi connectivity index (χ4n) is 1.05. The van der Waals surface area contributed by atoms with Gasteiger partial charge in [-0.2, -0.15) is 0 Å². The number of rotatable bonds is 4. The molecule has 0 saturated heterocycles. The molecule has 7 nitrogen and oxygen atoms in total. The van der Waals surface area contributed by atoms with Gasteiger partial charge in [0.15, 0.2) is 6.29 Å². The second-order valence-corrected chi connectivity index (χ2v) is 4.25. The van der Waals surface area contributed by atoms with Gasteiger partial charge < -0.3 is 14.9 Å². The molecule has 89 valence electrons. The smallest absolute Gasteiger partial charge is 0.469 e. The van der Waals surface area contributed by atoms with Gasteiger partial charge in [0.2, 0.25) is 0 Å². The van der Waals surface area contributed by atoms with Gasteiger partial charge in [-0.3, -0.25) is 14.3 Å². The van der Waals surface area contributed by atoms with Crippen LogP contribution >= 0.6 is 7.82 Å². The Labute approximate surface area is 119 Å². The van der Waals surface area contributed by atoms with Crippen molar-refractivity contribution in [2.75, 3.05) is 0 Å². The summed E-state index contributed by atoms with van der Waals surface area (Å²) in [5.41, 5.74) is 0.282. The van der Waals surface area contributed by atoms with Gasteiger partial charge in [0.1, 0.15) is 5.75 Å². The monoisotopic (exact) mass is 270 g/mol. The van der Waals surface area contributed by atoms with Gasteiger partial charge in [0.05, 0.1) is 17.9 Å². The fraction of sp³-hybridized carbons (Fsp3) is 0.250. The topological polar surface area (TPSA) is 117 Å². The molecule has 1 heterocycles. The van der Waals surface area contributed by atoms with Gasteiger partial charge in [0, 0.05) is 41.3 Å². The van der Waals surface area contributed by atoms with Gasteiger partial charge in [-0.05, 0) is 6.92 Å².